The van der Waals surface area contributed by atoms with Crippen molar-refractivity contribution in [3.8, 4) is 11.3 Å². The van der Waals surface area contributed by atoms with Gasteiger partial charge in [0.2, 0.25) is 0 Å². The lowest BCUT2D eigenvalue weighted by atomic mass is 10.1. The number of rotatable bonds is 2. The van der Waals surface area contributed by atoms with Crippen LogP contribution in [0.15, 0.2) is 34.7 Å². The van der Waals surface area contributed by atoms with Crippen LogP contribution < -0.4 is 5.73 Å². The second kappa shape index (κ2) is 6.26. The number of nitrogen functional groups attached to an aromatic ring is 1. The zero-order valence-corrected chi connectivity index (χ0v) is 13.8. The van der Waals surface area contributed by atoms with Crippen molar-refractivity contribution in [3.05, 3.63) is 41.1 Å². The molecular formula is C17H19ClN2O3. The first-order chi connectivity index (χ1) is 10.9. The van der Waals surface area contributed by atoms with Gasteiger partial charge in [0.15, 0.2) is 5.76 Å². The quantitative estimate of drug-likeness (QED) is 0.854. The van der Waals surface area contributed by atoms with Gasteiger partial charge in [0, 0.05) is 24.3 Å². The van der Waals surface area contributed by atoms with Crippen LogP contribution in [-0.4, -0.2) is 36.1 Å². The molecule has 0 bridgehead atoms. The van der Waals surface area contributed by atoms with Crippen LogP contribution in [0.2, 0.25) is 5.02 Å². The van der Waals surface area contributed by atoms with E-state index in [9.17, 15) is 4.79 Å². The van der Waals surface area contributed by atoms with E-state index in [2.05, 4.69) is 0 Å². The molecule has 2 unspecified atom stereocenters. The number of nitrogens with two attached hydrogens (primary N) is 1. The largest absolute Gasteiger partial charge is 0.451 e. The highest BCUT2D eigenvalue weighted by Crippen LogP contribution is 2.31. The lowest BCUT2D eigenvalue weighted by Gasteiger charge is -2.34. The van der Waals surface area contributed by atoms with E-state index in [1.165, 1.54) is 0 Å². The molecule has 1 fully saturated rings. The lowest BCUT2D eigenvalue weighted by molar-refractivity contribution is -0.0592. The Balaban J connectivity index is 1.84. The van der Waals surface area contributed by atoms with Gasteiger partial charge in [-0.25, -0.2) is 0 Å². The average Bonchev–Trinajstić information content (AvgIpc) is 2.97. The van der Waals surface area contributed by atoms with E-state index >= 15 is 0 Å². The number of nitrogens with zero attached hydrogens (tertiary/aromatic N) is 1. The van der Waals surface area contributed by atoms with E-state index < -0.39 is 0 Å². The van der Waals surface area contributed by atoms with E-state index in [4.69, 9.17) is 26.5 Å². The van der Waals surface area contributed by atoms with Crippen molar-refractivity contribution in [1.82, 2.24) is 4.90 Å². The summed E-state index contributed by atoms with van der Waals surface area (Å²) in [5, 5.41) is 0.529. The summed E-state index contributed by atoms with van der Waals surface area (Å²) in [6.07, 6.45) is 0.0287. The predicted molar refractivity (Wildman–Crippen MR) is 89.5 cm³/mol. The molecule has 1 saturated heterocycles. The fourth-order valence-electron chi connectivity index (χ4n) is 2.83. The van der Waals surface area contributed by atoms with Gasteiger partial charge in [-0.1, -0.05) is 11.6 Å². The highest BCUT2D eigenvalue weighted by Gasteiger charge is 2.28. The molecule has 0 spiro atoms. The first kappa shape index (κ1) is 15.9. The molecule has 1 aromatic carbocycles. The second-order valence-corrected chi connectivity index (χ2v) is 6.28. The molecule has 2 atom stereocenters. The third kappa shape index (κ3) is 3.35. The van der Waals surface area contributed by atoms with Crippen LogP contribution in [0.4, 0.5) is 5.69 Å². The number of benzene rings is 1. The summed E-state index contributed by atoms with van der Waals surface area (Å²) in [5.41, 5.74) is 7.05. The molecule has 1 aliphatic heterocycles. The monoisotopic (exact) mass is 334 g/mol. The highest BCUT2D eigenvalue weighted by molar-refractivity contribution is 6.33. The molecule has 5 nitrogen and oxygen atoms in total. The van der Waals surface area contributed by atoms with Gasteiger partial charge in [-0.2, -0.15) is 0 Å². The molecule has 0 saturated carbocycles. The Hall–Kier alpha value is -1.98. The van der Waals surface area contributed by atoms with Gasteiger partial charge in [-0.15, -0.1) is 0 Å². The minimum atomic E-state index is -0.140. The van der Waals surface area contributed by atoms with Crippen LogP contribution in [0.25, 0.3) is 11.3 Å². The summed E-state index contributed by atoms with van der Waals surface area (Å²) in [6.45, 7) is 5.02. The maximum Gasteiger partial charge on any atom is 0.289 e. The standard InChI is InChI=1S/C17H19ClN2O3/c1-10-8-20(9-11(2)22-10)17(21)16-6-5-15(23-16)13-7-12(19)3-4-14(13)18/h3-7,10-11H,8-9,19H2,1-2H3. The molecule has 2 N–H and O–H groups in total. The van der Waals surface area contributed by atoms with Gasteiger partial charge >= 0.3 is 0 Å². The molecule has 122 valence electrons. The van der Waals surface area contributed by atoms with E-state index in [1.54, 1.807) is 35.2 Å². The summed E-state index contributed by atoms with van der Waals surface area (Å²) in [5.74, 6) is 0.679. The third-order valence-corrected chi connectivity index (χ3v) is 4.11. The van der Waals surface area contributed by atoms with Gasteiger partial charge in [0.1, 0.15) is 5.76 Å². The first-order valence-corrected chi connectivity index (χ1v) is 7.92. The Bertz CT molecular complexity index is 718. The molecule has 2 heterocycles. The molecule has 2 aromatic rings. The number of hydrogen-bond donors (Lipinski definition) is 1. The van der Waals surface area contributed by atoms with E-state index in [0.717, 1.165) is 0 Å². The van der Waals surface area contributed by atoms with Crippen molar-refractivity contribution in [3.63, 3.8) is 0 Å². The zero-order chi connectivity index (χ0) is 16.6. The summed E-state index contributed by atoms with van der Waals surface area (Å²) < 4.78 is 11.4. The average molecular weight is 335 g/mol. The number of carbonyl (C=O) groups excluding carboxylic acids is 1. The number of ether oxygens (including phenoxy) is 1. The maximum atomic E-state index is 12.6. The van der Waals surface area contributed by atoms with Crippen LogP contribution in [-0.2, 0) is 4.74 Å². The van der Waals surface area contributed by atoms with Gasteiger partial charge in [-0.05, 0) is 44.2 Å². The number of amides is 1. The van der Waals surface area contributed by atoms with Gasteiger partial charge in [-0.3, -0.25) is 4.79 Å². The molecule has 0 radical (unpaired) electrons. The van der Waals surface area contributed by atoms with Crippen LogP contribution in [0.5, 0.6) is 0 Å². The zero-order valence-electron chi connectivity index (χ0n) is 13.1. The highest BCUT2D eigenvalue weighted by atomic mass is 35.5. The topological polar surface area (TPSA) is 68.7 Å². The Kier molecular flexibility index (Phi) is 4.33. The van der Waals surface area contributed by atoms with Gasteiger partial charge in [0.25, 0.3) is 5.91 Å². The van der Waals surface area contributed by atoms with Crippen LogP contribution in [0.1, 0.15) is 24.4 Å². The van der Waals surface area contributed by atoms with Crippen molar-refractivity contribution >= 4 is 23.2 Å². The minimum absolute atomic E-state index is 0.0144. The summed E-state index contributed by atoms with van der Waals surface area (Å²) >= 11 is 6.18. The van der Waals surface area contributed by atoms with E-state index in [0.29, 0.717) is 40.9 Å². The van der Waals surface area contributed by atoms with Crippen molar-refractivity contribution < 1.29 is 13.9 Å². The third-order valence-electron chi connectivity index (χ3n) is 3.78. The van der Waals surface area contributed by atoms with E-state index in [1.807, 2.05) is 13.8 Å². The Morgan fingerprint density at radius 1 is 1.22 bits per heavy atom. The maximum absolute atomic E-state index is 12.6. The Morgan fingerprint density at radius 3 is 2.61 bits per heavy atom. The number of hydrogen-bond acceptors (Lipinski definition) is 4. The van der Waals surface area contributed by atoms with E-state index in [-0.39, 0.29) is 18.1 Å². The van der Waals surface area contributed by atoms with Crippen molar-refractivity contribution in [1.29, 1.82) is 0 Å². The van der Waals surface area contributed by atoms with Gasteiger partial charge < -0.3 is 19.8 Å². The summed E-state index contributed by atoms with van der Waals surface area (Å²) in [4.78, 5) is 14.4. The molecule has 1 amide bonds. The second-order valence-electron chi connectivity index (χ2n) is 5.87. The molecule has 6 heteroatoms. The Labute approximate surface area is 140 Å². The summed E-state index contributed by atoms with van der Waals surface area (Å²) in [6, 6.07) is 8.57. The molecule has 0 aliphatic carbocycles. The van der Waals surface area contributed by atoms with Crippen LogP contribution in [0.3, 0.4) is 0 Å². The molecule has 3 rings (SSSR count). The van der Waals surface area contributed by atoms with Gasteiger partial charge in [0.05, 0.1) is 17.2 Å². The number of anilines is 1. The minimum Gasteiger partial charge on any atom is -0.451 e. The van der Waals surface area contributed by atoms with Crippen LogP contribution in [0, 0.1) is 0 Å². The fraction of sp³-hybridized carbons (Fsp3) is 0.353. The SMILES string of the molecule is CC1CN(C(=O)c2ccc(-c3cc(N)ccc3Cl)o2)CC(C)O1. The molecule has 1 aromatic heterocycles. The van der Waals surface area contributed by atoms with Crippen LogP contribution >= 0.6 is 11.6 Å². The molecular weight excluding hydrogens is 316 g/mol. The predicted octanol–water partition coefficient (Wildman–Crippen LogP) is 3.43. The van der Waals surface area contributed by atoms with Crippen molar-refractivity contribution in [2.75, 3.05) is 18.8 Å². The van der Waals surface area contributed by atoms with Crippen molar-refractivity contribution in [2.45, 2.75) is 26.1 Å². The fourth-order valence-corrected chi connectivity index (χ4v) is 3.04. The summed E-state index contributed by atoms with van der Waals surface area (Å²) in [7, 11) is 0. The van der Waals surface area contributed by atoms with Crippen molar-refractivity contribution in [2.24, 2.45) is 0 Å². The lowest BCUT2D eigenvalue weighted by Crippen LogP contribution is -2.48. The first-order valence-electron chi connectivity index (χ1n) is 7.54. The normalized spacial score (nSPS) is 21.4. The number of halogens is 1. The molecule has 1 aliphatic rings. The number of carbonyl (C=O) groups is 1. The smallest absolute Gasteiger partial charge is 0.289 e. The Morgan fingerprint density at radius 2 is 1.91 bits per heavy atom. The molecule has 23 heavy (non-hydrogen) atoms. The number of furan rings is 1. The number of morpholine rings is 1.